The first-order chi connectivity index (χ1) is 8.49. The van der Waals surface area contributed by atoms with Crippen molar-refractivity contribution in [1.82, 2.24) is 14.8 Å². The molecule has 0 saturated heterocycles. The lowest BCUT2D eigenvalue weighted by Crippen LogP contribution is -2.04. The molecule has 0 aliphatic rings. The second-order valence-electron chi connectivity index (χ2n) is 3.31. The molecule has 2 heterocycles. The lowest BCUT2D eigenvalue weighted by molar-refractivity contribution is -0.384. The topological polar surface area (TPSA) is 137 Å². The Balaban J connectivity index is 2.42. The molecule has 92 valence electrons. The van der Waals surface area contributed by atoms with Gasteiger partial charge in [-0.15, -0.1) is 0 Å². The highest BCUT2D eigenvalue weighted by Gasteiger charge is 2.14. The van der Waals surface area contributed by atoms with Crippen molar-refractivity contribution in [1.29, 1.82) is 0 Å². The lowest BCUT2D eigenvalue weighted by Gasteiger charge is -2.01. The van der Waals surface area contributed by atoms with Gasteiger partial charge in [0, 0.05) is 12.3 Å². The predicted molar refractivity (Wildman–Crippen MR) is 59.4 cm³/mol. The fraction of sp³-hybridized carbons (Fsp3) is 0. The number of hydrogen-bond acceptors (Lipinski definition) is 6. The molecular formula is C9H7N5O4. The van der Waals surface area contributed by atoms with Gasteiger partial charge in [0.15, 0.2) is 5.82 Å². The average Bonchev–Trinajstić information content (AvgIpc) is 2.77. The molecule has 18 heavy (non-hydrogen) atoms. The summed E-state index contributed by atoms with van der Waals surface area (Å²) in [6.07, 6.45) is 2.37. The van der Waals surface area contributed by atoms with Crippen LogP contribution in [0.2, 0.25) is 0 Å². The van der Waals surface area contributed by atoms with E-state index < -0.39 is 10.9 Å². The molecule has 0 amide bonds. The van der Waals surface area contributed by atoms with Gasteiger partial charge in [-0.2, -0.15) is 5.10 Å². The Labute approximate surface area is 99.6 Å². The number of nitrogens with zero attached hydrogens (tertiary/aromatic N) is 4. The van der Waals surface area contributed by atoms with Gasteiger partial charge in [0.2, 0.25) is 5.82 Å². The van der Waals surface area contributed by atoms with Crippen LogP contribution in [0.15, 0.2) is 24.5 Å². The van der Waals surface area contributed by atoms with Gasteiger partial charge >= 0.3 is 11.7 Å². The highest BCUT2D eigenvalue weighted by molar-refractivity contribution is 5.86. The van der Waals surface area contributed by atoms with Crippen molar-refractivity contribution in [2.75, 3.05) is 5.73 Å². The van der Waals surface area contributed by atoms with Crippen LogP contribution in [0.1, 0.15) is 10.4 Å². The van der Waals surface area contributed by atoms with Gasteiger partial charge in [-0.25, -0.2) is 14.5 Å². The van der Waals surface area contributed by atoms with Gasteiger partial charge < -0.3 is 10.8 Å². The summed E-state index contributed by atoms with van der Waals surface area (Å²) in [6, 6.07) is 2.51. The van der Waals surface area contributed by atoms with Crippen LogP contribution in [0.3, 0.4) is 0 Å². The Morgan fingerprint density at radius 3 is 2.72 bits per heavy atom. The van der Waals surface area contributed by atoms with Crippen LogP contribution in [0.4, 0.5) is 11.5 Å². The first kappa shape index (κ1) is 11.5. The second kappa shape index (κ2) is 4.13. The van der Waals surface area contributed by atoms with Crippen molar-refractivity contribution in [3.05, 3.63) is 40.2 Å². The van der Waals surface area contributed by atoms with Crippen LogP contribution in [-0.4, -0.2) is 30.8 Å². The summed E-state index contributed by atoms with van der Waals surface area (Å²) in [6.45, 7) is 0. The molecule has 0 atom stereocenters. The Kier molecular flexibility index (Phi) is 2.64. The molecule has 0 radical (unpaired) electrons. The van der Waals surface area contributed by atoms with Gasteiger partial charge in [0.05, 0.1) is 16.7 Å². The number of nitrogen functional groups attached to an aromatic ring is 1. The zero-order valence-electron chi connectivity index (χ0n) is 8.85. The number of aromatic carboxylic acids is 1. The van der Waals surface area contributed by atoms with Crippen molar-refractivity contribution in [2.45, 2.75) is 0 Å². The Bertz CT molecular complexity index is 636. The van der Waals surface area contributed by atoms with Crippen LogP contribution in [0.25, 0.3) is 5.82 Å². The van der Waals surface area contributed by atoms with E-state index in [1.54, 1.807) is 0 Å². The van der Waals surface area contributed by atoms with E-state index in [1.807, 2.05) is 0 Å². The number of aromatic nitrogens is 3. The first-order valence-electron chi connectivity index (χ1n) is 4.68. The van der Waals surface area contributed by atoms with E-state index in [4.69, 9.17) is 10.8 Å². The van der Waals surface area contributed by atoms with Crippen molar-refractivity contribution in [3.8, 4) is 5.82 Å². The van der Waals surface area contributed by atoms with Gasteiger partial charge in [-0.05, 0) is 6.07 Å². The lowest BCUT2D eigenvalue weighted by atomic mass is 10.3. The fourth-order valence-electron chi connectivity index (χ4n) is 1.30. The first-order valence-corrected chi connectivity index (χ1v) is 4.68. The predicted octanol–water partition coefficient (Wildman–Crippen LogP) is 0.456. The molecule has 2 rings (SSSR count). The smallest absolute Gasteiger partial charge is 0.338 e. The van der Waals surface area contributed by atoms with E-state index in [1.165, 1.54) is 23.0 Å². The number of carboxylic acids is 1. The zero-order chi connectivity index (χ0) is 13.3. The molecule has 2 aromatic rings. The Morgan fingerprint density at radius 1 is 1.50 bits per heavy atom. The van der Waals surface area contributed by atoms with Gasteiger partial charge in [-0.3, -0.25) is 10.1 Å². The number of anilines is 1. The molecule has 0 aliphatic carbocycles. The molecule has 0 unspecified atom stereocenters. The van der Waals surface area contributed by atoms with E-state index >= 15 is 0 Å². The van der Waals surface area contributed by atoms with Crippen LogP contribution in [-0.2, 0) is 0 Å². The van der Waals surface area contributed by atoms with E-state index in [0.29, 0.717) is 0 Å². The molecule has 0 aromatic carbocycles. The summed E-state index contributed by atoms with van der Waals surface area (Å²) in [4.78, 5) is 24.3. The summed E-state index contributed by atoms with van der Waals surface area (Å²) in [7, 11) is 0. The molecule has 0 aliphatic heterocycles. The summed E-state index contributed by atoms with van der Waals surface area (Å²) in [5.74, 6) is -1.19. The summed E-state index contributed by atoms with van der Waals surface area (Å²) in [5.41, 5.74) is 5.08. The minimum absolute atomic E-state index is 0.0197. The number of rotatable bonds is 3. The maximum atomic E-state index is 10.7. The van der Waals surface area contributed by atoms with Crippen molar-refractivity contribution >= 4 is 17.5 Å². The third-order valence-corrected chi connectivity index (χ3v) is 2.15. The number of pyridine rings is 1. The summed E-state index contributed by atoms with van der Waals surface area (Å²) >= 11 is 0. The van der Waals surface area contributed by atoms with E-state index in [-0.39, 0.29) is 22.9 Å². The Hall–Kier alpha value is -2.97. The fourth-order valence-corrected chi connectivity index (χ4v) is 1.30. The minimum atomic E-state index is -1.13. The third-order valence-electron chi connectivity index (χ3n) is 2.15. The van der Waals surface area contributed by atoms with Gasteiger partial charge in [0.25, 0.3) is 0 Å². The number of nitrogens with two attached hydrogens (primary N) is 1. The molecule has 0 fully saturated rings. The normalized spacial score (nSPS) is 10.2. The molecule has 3 N–H and O–H groups in total. The van der Waals surface area contributed by atoms with E-state index in [0.717, 1.165) is 6.20 Å². The van der Waals surface area contributed by atoms with Crippen LogP contribution < -0.4 is 5.73 Å². The van der Waals surface area contributed by atoms with Crippen molar-refractivity contribution in [2.24, 2.45) is 0 Å². The van der Waals surface area contributed by atoms with Gasteiger partial charge in [-0.1, -0.05) is 0 Å². The largest absolute Gasteiger partial charge is 0.478 e. The monoisotopic (exact) mass is 249 g/mol. The quantitative estimate of drug-likeness (QED) is 0.595. The van der Waals surface area contributed by atoms with Crippen molar-refractivity contribution in [3.63, 3.8) is 0 Å². The van der Waals surface area contributed by atoms with E-state index in [2.05, 4.69) is 10.1 Å². The molecule has 9 nitrogen and oxygen atoms in total. The second-order valence-corrected chi connectivity index (χ2v) is 3.31. The van der Waals surface area contributed by atoms with E-state index in [9.17, 15) is 14.9 Å². The van der Waals surface area contributed by atoms with Gasteiger partial charge in [0.1, 0.15) is 0 Å². The minimum Gasteiger partial charge on any atom is -0.478 e. The van der Waals surface area contributed by atoms with Crippen molar-refractivity contribution < 1.29 is 14.8 Å². The molecule has 0 saturated carbocycles. The maximum Gasteiger partial charge on any atom is 0.338 e. The summed E-state index contributed by atoms with van der Waals surface area (Å²) < 4.78 is 1.17. The number of hydrogen-bond donors (Lipinski definition) is 2. The average molecular weight is 249 g/mol. The van der Waals surface area contributed by atoms with Crippen LogP contribution in [0, 0.1) is 10.1 Å². The zero-order valence-corrected chi connectivity index (χ0v) is 8.85. The highest BCUT2D eigenvalue weighted by Crippen LogP contribution is 2.20. The molecule has 0 spiro atoms. The summed E-state index contributed by atoms with van der Waals surface area (Å²) in [5, 5.41) is 23.0. The number of nitro groups is 1. The third kappa shape index (κ3) is 1.96. The molecular weight excluding hydrogens is 242 g/mol. The SMILES string of the molecule is Nc1nc(-n2cc(C(=O)O)cn2)ccc1[N+](=O)[O-]. The maximum absolute atomic E-state index is 10.7. The number of carboxylic acid groups (broad SMARTS) is 1. The Morgan fingerprint density at radius 2 is 2.22 bits per heavy atom. The molecule has 9 heteroatoms. The standard InChI is InChI=1S/C9H7N5O4/c10-8-6(14(17)18)1-2-7(12-8)13-4-5(3-11-13)9(15)16/h1-4H,(H2,10,12)(H,15,16). The van der Waals surface area contributed by atoms with Crippen LogP contribution >= 0.6 is 0 Å². The highest BCUT2D eigenvalue weighted by atomic mass is 16.6. The van der Waals surface area contributed by atoms with Crippen LogP contribution in [0.5, 0.6) is 0 Å². The molecule has 0 bridgehead atoms. The molecule has 2 aromatic heterocycles. The number of carbonyl (C=O) groups is 1.